The van der Waals surface area contributed by atoms with E-state index in [0.29, 0.717) is 16.5 Å². The van der Waals surface area contributed by atoms with Gasteiger partial charge in [0.2, 0.25) is 5.91 Å². The average molecular weight is 403 g/mol. The lowest BCUT2D eigenvalue weighted by Crippen LogP contribution is -2.11. The van der Waals surface area contributed by atoms with Crippen LogP contribution in [0.25, 0.3) is 11.3 Å². The topological polar surface area (TPSA) is 80.3 Å². The maximum atomic E-state index is 12.3. The van der Waals surface area contributed by atoms with Crippen molar-refractivity contribution in [3.05, 3.63) is 59.5 Å². The monoisotopic (exact) mass is 403 g/mol. The molecule has 0 aliphatic heterocycles. The summed E-state index contributed by atoms with van der Waals surface area (Å²) in [5.74, 6) is -0.587. The number of alkyl halides is 2. The van der Waals surface area contributed by atoms with Gasteiger partial charge in [-0.15, -0.1) is 11.3 Å². The number of anilines is 2. The van der Waals surface area contributed by atoms with Crippen LogP contribution in [-0.2, 0) is 4.79 Å². The van der Waals surface area contributed by atoms with Gasteiger partial charge in [-0.1, -0.05) is 12.1 Å². The highest BCUT2D eigenvalue weighted by atomic mass is 32.1. The maximum absolute atomic E-state index is 12.3. The molecule has 144 valence electrons. The number of hydrogen-bond acceptors (Lipinski definition) is 5. The van der Waals surface area contributed by atoms with E-state index in [4.69, 9.17) is 0 Å². The van der Waals surface area contributed by atoms with Gasteiger partial charge in [0, 0.05) is 29.1 Å². The molecule has 2 aromatic carbocycles. The molecule has 1 aromatic heterocycles. The fraction of sp³-hybridized carbons (Fsp3) is 0.105. The minimum atomic E-state index is -2.92. The first-order valence-corrected chi connectivity index (χ1v) is 8.98. The highest BCUT2D eigenvalue weighted by Gasteiger charge is 2.11. The van der Waals surface area contributed by atoms with Crippen LogP contribution < -0.4 is 15.4 Å². The van der Waals surface area contributed by atoms with Gasteiger partial charge in [-0.25, -0.2) is 4.98 Å². The van der Waals surface area contributed by atoms with Crippen LogP contribution in [0.4, 0.5) is 19.6 Å². The number of nitrogens with one attached hydrogen (secondary N) is 2. The van der Waals surface area contributed by atoms with Gasteiger partial charge in [-0.05, 0) is 36.4 Å². The number of amides is 2. The zero-order valence-electron chi connectivity index (χ0n) is 14.6. The number of carbonyl (C=O) groups excluding carboxylic acids is 2. The first kappa shape index (κ1) is 19.4. The van der Waals surface area contributed by atoms with Crippen LogP contribution in [-0.4, -0.2) is 23.4 Å². The van der Waals surface area contributed by atoms with Crippen LogP contribution in [0.3, 0.4) is 0 Å². The molecule has 0 spiro atoms. The normalized spacial score (nSPS) is 10.6. The van der Waals surface area contributed by atoms with Crippen LogP contribution in [0.15, 0.2) is 53.9 Å². The fourth-order valence-corrected chi connectivity index (χ4v) is 3.06. The highest BCUT2D eigenvalue weighted by molar-refractivity contribution is 7.14. The standard InChI is InChI=1S/C19H15F2N3O3S/c1-11(25)22-14-6-2-12(3-7-14)16-10-28-19(23-16)24-17(26)13-4-8-15(9-5-13)27-18(20)21/h2-10,18H,1H3,(H,22,25)(H,23,24,26). The third-order valence-electron chi connectivity index (χ3n) is 3.57. The average Bonchev–Trinajstić information content (AvgIpc) is 3.10. The molecule has 0 aliphatic rings. The van der Waals surface area contributed by atoms with Gasteiger partial charge in [0.05, 0.1) is 5.69 Å². The third kappa shape index (κ3) is 5.10. The van der Waals surface area contributed by atoms with Gasteiger partial charge in [0.1, 0.15) is 5.75 Å². The van der Waals surface area contributed by atoms with Crippen molar-refractivity contribution in [2.24, 2.45) is 0 Å². The summed E-state index contributed by atoms with van der Waals surface area (Å²) in [5, 5.41) is 7.55. The van der Waals surface area contributed by atoms with E-state index in [1.807, 2.05) is 12.1 Å². The number of thiazole rings is 1. The molecule has 2 N–H and O–H groups in total. The molecule has 0 fully saturated rings. The van der Waals surface area contributed by atoms with Crippen molar-refractivity contribution in [2.45, 2.75) is 13.5 Å². The van der Waals surface area contributed by atoms with E-state index in [0.717, 1.165) is 5.56 Å². The fourth-order valence-electron chi connectivity index (χ4n) is 2.35. The number of aromatic nitrogens is 1. The van der Waals surface area contributed by atoms with Gasteiger partial charge in [0.25, 0.3) is 5.91 Å². The van der Waals surface area contributed by atoms with Crippen molar-refractivity contribution in [3.63, 3.8) is 0 Å². The Morgan fingerprint density at radius 2 is 1.71 bits per heavy atom. The molecule has 28 heavy (non-hydrogen) atoms. The van der Waals surface area contributed by atoms with Crippen molar-refractivity contribution in [1.29, 1.82) is 0 Å². The van der Waals surface area contributed by atoms with Crippen molar-refractivity contribution < 1.29 is 23.1 Å². The molecule has 1 heterocycles. The number of rotatable bonds is 6. The molecule has 0 bridgehead atoms. The van der Waals surface area contributed by atoms with Gasteiger partial charge in [-0.2, -0.15) is 8.78 Å². The quantitative estimate of drug-likeness (QED) is 0.629. The summed E-state index contributed by atoms with van der Waals surface area (Å²) >= 11 is 1.26. The lowest BCUT2D eigenvalue weighted by atomic mass is 10.1. The second-order valence-corrected chi connectivity index (χ2v) is 6.51. The number of benzene rings is 2. The van der Waals surface area contributed by atoms with Gasteiger partial charge in [0.15, 0.2) is 5.13 Å². The Kier molecular flexibility index (Phi) is 5.95. The summed E-state index contributed by atoms with van der Waals surface area (Å²) in [6, 6.07) is 12.5. The molecule has 0 unspecified atom stereocenters. The zero-order chi connectivity index (χ0) is 20.1. The number of carbonyl (C=O) groups is 2. The molecular formula is C19H15F2N3O3S. The van der Waals surface area contributed by atoms with E-state index in [1.54, 1.807) is 17.5 Å². The first-order chi connectivity index (χ1) is 13.4. The Morgan fingerprint density at radius 1 is 1.04 bits per heavy atom. The van der Waals surface area contributed by atoms with Crippen LogP contribution >= 0.6 is 11.3 Å². The number of halogens is 2. The third-order valence-corrected chi connectivity index (χ3v) is 4.33. The van der Waals surface area contributed by atoms with Gasteiger partial charge in [-0.3, -0.25) is 14.9 Å². The lowest BCUT2D eigenvalue weighted by Gasteiger charge is -2.05. The molecular weight excluding hydrogens is 388 g/mol. The summed E-state index contributed by atoms with van der Waals surface area (Å²) in [5.41, 5.74) is 2.48. The highest BCUT2D eigenvalue weighted by Crippen LogP contribution is 2.26. The van der Waals surface area contributed by atoms with Crippen molar-refractivity contribution >= 4 is 34.0 Å². The van der Waals surface area contributed by atoms with E-state index in [9.17, 15) is 18.4 Å². The predicted octanol–water partition coefficient (Wildman–Crippen LogP) is 4.62. The van der Waals surface area contributed by atoms with E-state index >= 15 is 0 Å². The maximum Gasteiger partial charge on any atom is 0.387 e. The minimum Gasteiger partial charge on any atom is -0.435 e. The summed E-state index contributed by atoms with van der Waals surface area (Å²) in [7, 11) is 0. The smallest absolute Gasteiger partial charge is 0.387 e. The predicted molar refractivity (Wildman–Crippen MR) is 103 cm³/mol. The Bertz CT molecular complexity index is 973. The van der Waals surface area contributed by atoms with Crippen LogP contribution in [0.1, 0.15) is 17.3 Å². The molecule has 9 heteroatoms. The molecule has 3 aromatic rings. The van der Waals surface area contributed by atoms with Crippen molar-refractivity contribution in [2.75, 3.05) is 10.6 Å². The molecule has 0 atom stereocenters. The Balaban J connectivity index is 1.65. The Morgan fingerprint density at radius 3 is 2.32 bits per heavy atom. The Hall–Kier alpha value is -3.33. The summed E-state index contributed by atoms with van der Waals surface area (Å²) in [6.07, 6.45) is 0. The minimum absolute atomic E-state index is 0.0224. The second-order valence-electron chi connectivity index (χ2n) is 5.65. The molecule has 0 saturated carbocycles. The van der Waals surface area contributed by atoms with E-state index in [1.165, 1.54) is 42.5 Å². The molecule has 0 aliphatic carbocycles. The number of hydrogen-bond donors (Lipinski definition) is 2. The van der Waals surface area contributed by atoms with Crippen molar-refractivity contribution in [3.8, 4) is 17.0 Å². The molecule has 6 nitrogen and oxygen atoms in total. The van der Waals surface area contributed by atoms with Gasteiger partial charge < -0.3 is 10.1 Å². The first-order valence-electron chi connectivity index (χ1n) is 8.10. The van der Waals surface area contributed by atoms with E-state index in [-0.39, 0.29) is 17.2 Å². The number of ether oxygens (including phenoxy) is 1. The molecule has 2 amide bonds. The zero-order valence-corrected chi connectivity index (χ0v) is 15.4. The summed E-state index contributed by atoms with van der Waals surface area (Å²) in [6.45, 7) is -1.48. The molecule has 0 radical (unpaired) electrons. The Labute approximate surface area is 163 Å². The van der Waals surface area contributed by atoms with Crippen molar-refractivity contribution in [1.82, 2.24) is 4.98 Å². The van der Waals surface area contributed by atoms with Crippen LogP contribution in [0, 0.1) is 0 Å². The number of nitrogens with zero attached hydrogens (tertiary/aromatic N) is 1. The molecule has 0 saturated heterocycles. The lowest BCUT2D eigenvalue weighted by molar-refractivity contribution is -0.114. The van der Waals surface area contributed by atoms with Gasteiger partial charge >= 0.3 is 6.61 Å². The van der Waals surface area contributed by atoms with Crippen LogP contribution in [0.2, 0.25) is 0 Å². The van der Waals surface area contributed by atoms with E-state index < -0.39 is 12.5 Å². The summed E-state index contributed by atoms with van der Waals surface area (Å²) in [4.78, 5) is 27.7. The summed E-state index contributed by atoms with van der Waals surface area (Å²) < 4.78 is 28.6. The van der Waals surface area contributed by atoms with Crippen LogP contribution in [0.5, 0.6) is 5.75 Å². The largest absolute Gasteiger partial charge is 0.435 e. The molecule has 3 rings (SSSR count). The van der Waals surface area contributed by atoms with E-state index in [2.05, 4.69) is 20.4 Å². The second kappa shape index (κ2) is 8.57. The SMILES string of the molecule is CC(=O)Nc1ccc(-c2csc(NC(=O)c3ccc(OC(F)F)cc3)n2)cc1.